The number of rotatable bonds is 7. The molecule has 0 unspecified atom stereocenters. The fourth-order valence-electron chi connectivity index (χ4n) is 1.23. The SMILES string of the molecule is CCOCCCOc1ccc(CBr)cc1Br. The van der Waals surface area contributed by atoms with E-state index in [4.69, 9.17) is 9.47 Å². The van der Waals surface area contributed by atoms with E-state index < -0.39 is 0 Å². The molecule has 0 aliphatic rings. The number of benzene rings is 1. The van der Waals surface area contributed by atoms with Gasteiger partial charge in [-0.2, -0.15) is 0 Å². The van der Waals surface area contributed by atoms with Gasteiger partial charge in [-0.05, 0) is 40.5 Å². The predicted molar refractivity (Wildman–Crippen MR) is 73.4 cm³/mol. The summed E-state index contributed by atoms with van der Waals surface area (Å²) in [7, 11) is 0. The van der Waals surface area contributed by atoms with Crippen molar-refractivity contribution in [1.82, 2.24) is 0 Å². The number of hydrogen-bond acceptors (Lipinski definition) is 2. The van der Waals surface area contributed by atoms with Crippen LogP contribution >= 0.6 is 31.9 Å². The molecule has 1 aromatic rings. The molecule has 0 heterocycles. The van der Waals surface area contributed by atoms with Crippen molar-refractivity contribution in [3.05, 3.63) is 28.2 Å². The van der Waals surface area contributed by atoms with Crippen LogP contribution in [0.4, 0.5) is 0 Å². The zero-order chi connectivity index (χ0) is 11.8. The average Bonchev–Trinajstić information content (AvgIpc) is 2.30. The second kappa shape index (κ2) is 8.09. The summed E-state index contributed by atoms with van der Waals surface area (Å²) >= 11 is 6.91. The van der Waals surface area contributed by atoms with Crippen LogP contribution in [0.3, 0.4) is 0 Å². The van der Waals surface area contributed by atoms with Crippen LogP contribution in [0.15, 0.2) is 22.7 Å². The zero-order valence-electron chi connectivity index (χ0n) is 9.34. The van der Waals surface area contributed by atoms with E-state index >= 15 is 0 Å². The molecule has 1 aromatic carbocycles. The van der Waals surface area contributed by atoms with Gasteiger partial charge in [0.2, 0.25) is 0 Å². The Morgan fingerprint density at radius 1 is 1.25 bits per heavy atom. The van der Waals surface area contributed by atoms with E-state index in [0.717, 1.165) is 35.2 Å². The summed E-state index contributed by atoms with van der Waals surface area (Å²) in [6.45, 7) is 4.21. The van der Waals surface area contributed by atoms with Crippen LogP contribution in [-0.2, 0) is 10.1 Å². The molecule has 0 spiro atoms. The Labute approximate surface area is 114 Å². The van der Waals surface area contributed by atoms with Gasteiger partial charge in [-0.3, -0.25) is 0 Å². The van der Waals surface area contributed by atoms with Crippen LogP contribution in [0.25, 0.3) is 0 Å². The first kappa shape index (κ1) is 14.0. The van der Waals surface area contributed by atoms with E-state index in [2.05, 4.69) is 44.0 Å². The monoisotopic (exact) mass is 350 g/mol. The second-order valence-electron chi connectivity index (χ2n) is 3.30. The summed E-state index contributed by atoms with van der Waals surface area (Å²) in [5.74, 6) is 0.890. The average molecular weight is 352 g/mol. The standard InChI is InChI=1S/C12H16Br2O2/c1-2-15-6-3-7-16-12-5-4-10(9-13)8-11(12)14/h4-5,8H,2-3,6-7,9H2,1H3. The smallest absolute Gasteiger partial charge is 0.133 e. The molecule has 0 aromatic heterocycles. The van der Waals surface area contributed by atoms with Crippen LogP contribution in [0.1, 0.15) is 18.9 Å². The Morgan fingerprint density at radius 3 is 2.69 bits per heavy atom. The lowest BCUT2D eigenvalue weighted by molar-refractivity contribution is 0.130. The number of ether oxygens (including phenoxy) is 2. The van der Waals surface area contributed by atoms with Gasteiger partial charge in [0.25, 0.3) is 0 Å². The van der Waals surface area contributed by atoms with Gasteiger partial charge in [-0.15, -0.1) is 0 Å². The van der Waals surface area contributed by atoms with Crippen molar-refractivity contribution < 1.29 is 9.47 Å². The van der Waals surface area contributed by atoms with Crippen LogP contribution in [0.5, 0.6) is 5.75 Å². The predicted octanol–water partition coefficient (Wildman–Crippen LogP) is 4.15. The molecule has 0 aliphatic carbocycles. The molecule has 90 valence electrons. The third-order valence-corrected chi connectivity index (χ3v) is 3.31. The van der Waals surface area contributed by atoms with Crippen molar-refractivity contribution in [2.75, 3.05) is 19.8 Å². The van der Waals surface area contributed by atoms with Gasteiger partial charge in [0.05, 0.1) is 11.1 Å². The first-order chi connectivity index (χ1) is 7.77. The highest BCUT2D eigenvalue weighted by Gasteiger charge is 2.01. The molecule has 0 bridgehead atoms. The molecule has 1 rings (SSSR count). The molecule has 0 N–H and O–H groups in total. The van der Waals surface area contributed by atoms with E-state index in [1.165, 1.54) is 5.56 Å². The molecule has 0 aliphatic heterocycles. The lowest BCUT2D eigenvalue weighted by Gasteiger charge is -2.09. The quantitative estimate of drug-likeness (QED) is 0.542. The maximum Gasteiger partial charge on any atom is 0.133 e. The van der Waals surface area contributed by atoms with Crippen molar-refractivity contribution >= 4 is 31.9 Å². The van der Waals surface area contributed by atoms with Gasteiger partial charge in [-0.25, -0.2) is 0 Å². The fraction of sp³-hybridized carbons (Fsp3) is 0.500. The van der Waals surface area contributed by atoms with Gasteiger partial charge in [0.1, 0.15) is 5.75 Å². The minimum atomic E-state index is 0.687. The molecule has 16 heavy (non-hydrogen) atoms. The van der Waals surface area contributed by atoms with E-state index in [1.54, 1.807) is 0 Å². The summed E-state index contributed by atoms with van der Waals surface area (Å²) < 4.78 is 11.9. The van der Waals surface area contributed by atoms with E-state index in [1.807, 2.05) is 13.0 Å². The number of alkyl halides is 1. The van der Waals surface area contributed by atoms with Gasteiger partial charge in [-0.1, -0.05) is 22.0 Å². The Kier molecular flexibility index (Phi) is 7.08. The van der Waals surface area contributed by atoms with E-state index in [-0.39, 0.29) is 0 Å². The largest absolute Gasteiger partial charge is 0.492 e. The summed E-state index contributed by atoms with van der Waals surface area (Å²) in [6, 6.07) is 6.10. The van der Waals surface area contributed by atoms with Crippen LogP contribution in [0.2, 0.25) is 0 Å². The Bertz CT molecular complexity index is 316. The fourth-order valence-corrected chi connectivity index (χ4v) is 2.12. The van der Waals surface area contributed by atoms with Gasteiger partial charge >= 0.3 is 0 Å². The molecule has 4 heteroatoms. The van der Waals surface area contributed by atoms with Crippen LogP contribution in [-0.4, -0.2) is 19.8 Å². The molecular formula is C12H16Br2O2. The molecule has 2 nitrogen and oxygen atoms in total. The molecule has 0 fully saturated rings. The van der Waals surface area contributed by atoms with E-state index in [0.29, 0.717) is 6.61 Å². The number of halogens is 2. The number of hydrogen-bond donors (Lipinski definition) is 0. The first-order valence-corrected chi connectivity index (χ1v) is 7.24. The van der Waals surface area contributed by atoms with Gasteiger partial charge in [0, 0.05) is 25.0 Å². The summed E-state index contributed by atoms with van der Waals surface area (Å²) in [6.07, 6.45) is 0.917. The summed E-state index contributed by atoms with van der Waals surface area (Å²) in [5.41, 5.74) is 1.23. The first-order valence-electron chi connectivity index (χ1n) is 5.33. The zero-order valence-corrected chi connectivity index (χ0v) is 12.5. The Balaban J connectivity index is 2.36. The molecular weight excluding hydrogens is 336 g/mol. The lowest BCUT2D eigenvalue weighted by Crippen LogP contribution is -2.03. The van der Waals surface area contributed by atoms with Crippen molar-refractivity contribution in [2.45, 2.75) is 18.7 Å². The lowest BCUT2D eigenvalue weighted by atomic mass is 10.2. The molecule has 0 saturated carbocycles. The Hall–Kier alpha value is -0.0600. The minimum Gasteiger partial charge on any atom is -0.492 e. The van der Waals surface area contributed by atoms with Crippen molar-refractivity contribution in [2.24, 2.45) is 0 Å². The van der Waals surface area contributed by atoms with Crippen LogP contribution < -0.4 is 4.74 Å². The second-order valence-corrected chi connectivity index (χ2v) is 4.71. The van der Waals surface area contributed by atoms with Crippen molar-refractivity contribution in [1.29, 1.82) is 0 Å². The molecule has 0 radical (unpaired) electrons. The molecule has 0 saturated heterocycles. The van der Waals surface area contributed by atoms with Crippen molar-refractivity contribution in [3.63, 3.8) is 0 Å². The maximum atomic E-state index is 5.64. The highest BCUT2D eigenvalue weighted by Crippen LogP contribution is 2.26. The normalized spacial score (nSPS) is 10.4. The Morgan fingerprint density at radius 2 is 2.06 bits per heavy atom. The molecule has 0 atom stereocenters. The van der Waals surface area contributed by atoms with E-state index in [9.17, 15) is 0 Å². The topological polar surface area (TPSA) is 18.5 Å². The highest BCUT2D eigenvalue weighted by atomic mass is 79.9. The molecule has 0 amide bonds. The third-order valence-electron chi connectivity index (χ3n) is 2.05. The summed E-state index contributed by atoms with van der Waals surface area (Å²) in [5, 5.41) is 0.857. The highest BCUT2D eigenvalue weighted by molar-refractivity contribution is 9.10. The maximum absolute atomic E-state index is 5.64. The third kappa shape index (κ3) is 4.85. The minimum absolute atomic E-state index is 0.687. The van der Waals surface area contributed by atoms with Crippen LogP contribution in [0, 0.1) is 0 Å². The summed E-state index contributed by atoms with van der Waals surface area (Å²) in [4.78, 5) is 0. The van der Waals surface area contributed by atoms with Crippen molar-refractivity contribution in [3.8, 4) is 5.75 Å². The van der Waals surface area contributed by atoms with Gasteiger partial charge in [0.15, 0.2) is 0 Å². The van der Waals surface area contributed by atoms with Gasteiger partial charge < -0.3 is 9.47 Å².